The third kappa shape index (κ3) is 5.46. The molecule has 164 valence electrons. The number of anilines is 1. The first-order valence-electron chi connectivity index (χ1n) is 9.59. The highest BCUT2D eigenvalue weighted by molar-refractivity contribution is 8.04. The van der Waals surface area contributed by atoms with Crippen molar-refractivity contribution in [1.29, 1.82) is 5.26 Å². The number of hydrogen-bond donors (Lipinski definition) is 1. The second-order valence-corrected chi connectivity index (χ2v) is 10.1. The molecule has 0 aliphatic carbocycles. The molecule has 0 heterocycles. The molecule has 0 saturated carbocycles. The Morgan fingerprint density at radius 2 is 1.78 bits per heavy atom. The zero-order chi connectivity index (χ0) is 23.1. The summed E-state index contributed by atoms with van der Waals surface area (Å²) < 4.78 is 31.7. The van der Waals surface area contributed by atoms with E-state index in [9.17, 15) is 13.7 Å². The number of nitrogens with one attached hydrogen (secondary N) is 1. The van der Waals surface area contributed by atoms with Crippen molar-refractivity contribution in [3.63, 3.8) is 0 Å². The van der Waals surface area contributed by atoms with Gasteiger partial charge in [-0.1, -0.05) is 54.1 Å². The molecule has 3 rings (SSSR count). The van der Waals surface area contributed by atoms with Gasteiger partial charge in [0.05, 0.1) is 17.0 Å². The summed E-state index contributed by atoms with van der Waals surface area (Å²) >= 11 is 7.48. The van der Waals surface area contributed by atoms with Gasteiger partial charge in [0.25, 0.3) is 0 Å². The Hall–Kier alpha value is -2.92. The van der Waals surface area contributed by atoms with Gasteiger partial charge in [0.2, 0.25) is 9.84 Å². The topological polar surface area (TPSA) is 79.2 Å². The number of rotatable bonds is 8. The fourth-order valence-corrected chi connectivity index (χ4v) is 5.83. The first kappa shape index (κ1) is 23.7. The molecule has 1 N–H and O–H groups in total. The minimum absolute atomic E-state index is 0.0557. The van der Waals surface area contributed by atoms with Crippen LogP contribution in [0.1, 0.15) is 11.1 Å². The number of hydrogen-bond acceptors (Lipinski definition) is 6. The third-order valence-electron chi connectivity index (χ3n) is 4.67. The zero-order valence-corrected chi connectivity index (χ0v) is 19.9. The molecule has 0 aromatic heterocycles. The molecule has 0 aliphatic rings. The predicted octanol–water partition coefficient (Wildman–Crippen LogP) is 6.17. The van der Waals surface area contributed by atoms with Crippen molar-refractivity contribution in [2.24, 2.45) is 0 Å². The van der Waals surface area contributed by atoms with Gasteiger partial charge in [-0.2, -0.15) is 5.26 Å². The molecular weight excluding hydrogens is 464 g/mol. The molecule has 0 unspecified atom stereocenters. The van der Waals surface area contributed by atoms with Gasteiger partial charge in [-0.05, 0) is 48.4 Å². The molecule has 0 spiro atoms. The maximum atomic E-state index is 13.3. The number of ether oxygens (including phenoxy) is 1. The fourth-order valence-electron chi connectivity index (χ4n) is 2.91. The molecule has 0 amide bonds. The van der Waals surface area contributed by atoms with Crippen LogP contribution in [0.5, 0.6) is 5.75 Å². The number of nitrogens with zero attached hydrogens (tertiary/aromatic N) is 1. The number of aryl methyl sites for hydroxylation is 1. The van der Waals surface area contributed by atoms with Crippen LogP contribution in [0.4, 0.5) is 5.69 Å². The molecule has 32 heavy (non-hydrogen) atoms. The molecule has 3 aromatic rings. The maximum Gasteiger partial charge on any atom is 0.219 e. The molecule has 5 nitrogen and oxygen atoms in total. The van der Waals surface area contributed by atoms with Crippen molar-refractivity contribution in [3.05, 3.63) is 98.9 Å². The molecule has 8 heteroatoms. The number of allylic oxidation sites excluding steroid dienone is 1. The minimum Gasteiger partial charge on any atom is -0.495 e. The molecular formula is C24H21ClN2O3S2. The quantitative estimate of drug-likeness (QED) is 0.385. The molecule has 0 saturated heterocycles. The van der Waals surface area contributed by atoms with Gasteiger partial charge in [0, 0.05) is 11.4 Å². The summed E-state index contributed by atoms with van der Waals surface area (Å²) in [5.74, 6) is 0.974. The van der Waals surface area contributed by atoms with Crippen LogP contribution in [0.3, 0.4) is 0 Å². The van der Waals surface area contributed by atoms with Gasteiger partial charge >= 0.3 is 0 Å². The monoisotopic (exact) mass is 484 g/mol. The first-order chi connectivity index (χ1) is 15.4. The van der Waals surface area contributed by atoms with E-state index in [1.807, 2.05) is 37.3 Å². The second-order valence-electron chi connectivity index (χ2n) is 6.78. The van der Waals surface area contributed by atoms with Crippen LogP contribution in [0.2, 0.25) is 5.02 Å². The zero-order valence-electron chi connectivity index (χ0n) is 17.5. The Balaban J connectivity index is 2.06. The summed E-state index contributed by atoms with van der Waals surface area (Å²) in [4.78, 5) is -0.297. The van der Waals surface area contributed by atoms with Crippen molar-refractivity contribution in [1.82, 2.24) is 0 Å². The van der Waals surface area contributed by atoms with Crippen LogP contribution in [0, 0.1) is 18.3 Å². The molecule has 0 aliphatic heterocycles. The van der Waals surface area contributed by atoms with Crippen molar-refractivity contribution in [2.45, 2.75) is 17.6 Å². The van der Waals surface area contributed by atoms with Gasteiger partial charge in [-0.15, -0.1) is 11.8 Å². The van der Waals surface area contributed by atoms with Crippen LogP contribution in [0.15, 0.2) is 87.6 Å². The lowest BCUT2D eigenvalue weighted by molar-refractivity contribution is 0.415. The SMILES string of the molecule is COc1ccc(N/C(SCc2ccccc2C)=C(\C#N)S(=O)(=O)c2ccccc2)cc1Cl. The Morgan fingerprint density at radius 3 is 2.41 bits per heavy atom. The van der Waals surface area contributed by atoms with E-state index < -0.39 is 9.84 Å². The van der Waals surface area contributed by atoms with Crippen LogP contribution in [-0.4, -0.2) is 15.5 Å². The van der Waals surface area contributed by atoms with Gasteiger partial charge in [-0.25, -0.2) is 8.42 Å². The van der Waals surface area contributed by atoms with Gasteiger partial charge in [0.15, 0.2) is 4.91 Å². The summed E-state index contributed by atoms with van der Waals surface area (Å²) in [5, 5.41) is 13.6. The standard InChI is InChI=1S/C24H21ClN2O3S2/c1-17-8-6-7-9-18(17)16-31-24(27-19-12-13-22(30-2)21(25)14-19)23(15-26)32(28,29)20-10-4-3-5-11-20/h3-14,27H,16H2,1-2H3/b24-23-. The highest BCUT2D eigenvalue weighted by Gasteiger charge is 2.25. The van der Waals surface area contributed by atoms with Crippen LogP contribution in [-0.2, 0) is 15.6 Å². The number of benzene rings is 3. The molecule has 3 aromatic carbocycles. The second kappa shape index (κ2) is 10.6. The Bertz CT molecular complexity index is 1280. The van der Waals surface area contributed by atoms with E-state index in [1.165, 1.54) is 31.0 Å². The van der Waals surface area contributed by atoms with Crippen molar-refractivity contribution in [3.8, 4) is 11.8 Å². The smallest absolute Gasteiger partial charge is 0.219 e. The highest BCUT2D eigenvalue weighted by Crippen LogP contribution is 2.34. The number of nitriles is 1. The third-order valence-corrected chi connectivity index (χ3v) is 7.87. The summed E-state index contributed by atoms with van der Waals surface area (Å²) in [6.45, 7) is 1.99. The first-order valence-corrected chi connectivity index (χ1v) is 12.4. The van der Waals surface area contributed by atoms with E-state index >= 15 is 0 Å². The summed E-state index contributed by atoms with van der Waals surface area (Å²) in [6.07, 6.45) is 0. The Kier molecular flexibility index (Phi) is 7.86. The molecule has 0 bridgehead atoms. The van der Waals surface area contributed by atoms with Crippen molar-refractivity contribution >= 4 is 38.9 Å². The molecule has 0 radical (unpaired) electrons. The number of methoxy groups -OCH3 is 1. The lowest BCUT2D eigenvalue weighted by atomic mass is 10.1. The minimum atomic E-state index is -4.03. The highest BCUT2D eigenvalue weighted by atomic mass is 35.5. The molecule has 0 atom stereocenters. The summed E-state index contributed by atoms with van der Waals surface area (Å²) in [5.41, 5.74) is 2.66. The lowest BCUT2D eigenvalue weighted by Gasteiger charge is -2.15. The fraction of sp³-hybridized carbons (Fsp3) is 0.125. The maximum absolute atomic E-state index is 13.3. The lowest BCUT2D eigenvalue weighted by Crippen LogP contribution is -2.10. The number of halogens is 1. The van der Waals surface area contributed by atoms with Crippen molar-refractivity contribution in [2.75, 3.05) is 12.4 Å². The van der Waals surface area contributed by atoms with Gasteiger partial charge in [0.1, 0.15) is 16.8 Å². The van der Waals surface area contributed by atoms with E-state index in [2.05, 4.69) is 5.32 Å². The van der Waals surface area contributed by atoms with Crippen molar-refractivity contribution < 1.29 is 13.2 Å². The predicted molar refractivity (Wildman–Crippen MR) is 130 cm³/mol. The van der Waals surface area contributed by atoms with Gasteiger partial charge < -0.3 is 10.1 Å². The van der Waals surface area contributed by atoms with Gasteiger partial charge in [-0.3, -0.25) is 0 Å². The van der Waals surface area contributed by atoms with E-state index in [4.69, 9.17) is 16.3 Å². The van der Waals surface area contributed by atoms with Crippen LogP contribution >= 0.6 is 23.4 Å². The number of sulfone groups is 1. The number of thioether (sulfide) groups is 1. The molecule has 0 fully saturated rings. The summed E-state index contributed by atoms with van der Waals surface area (Å²) in [6, 6.07) is 22.7. The Morgan fingerprint density at radius 1 is 1.09 bits per heavy atom. The normalized spacial score (nSPS) is 11.9. The van der Waals surface area contributed by atoms with Crippen LogP contribution < -0.4 is 10.1 Å². The van der Waals surface area contributed by atoms with E-state index in [0.29, 0.717) is 22.2 Å². The largest absolute Gasteiger partial charge is 0.495 e. The average Bonchev–Trinajstić information content (AvgIpc) is 2.79. The average molecular weight is 485 g/mol. The van der Waals surface area contributed by atoms with Crippen LogP contribution in [0.25, 0.3) is 0 Å². The Labute approximate surface area is 197 Å². The summed E-state index contributed by atoms with van der Waals surface area (Å²) in [7, 11) is -2.52. The van der Waals surface area contributed by atoms with E-state index in [1.54, 1.807) is 36.4 Å². The van der Waals surface area contributed by atoms with E-state index in [0.717, 1.165) is 11.1 Å². The van der Waals surface area contributed by atoms with E-state index in [-0.39, 0.29) is 14.8 Å².